The molecule has 0 spiro atoms. The van der Waals surface area contributed by atoms with Gasteiger partial charge in [0.05, 0.1) is 5.69 Å². The molecule has 130 valence electrons. The van der Waals surface area contributed by atoms with E-state index in [-0.39, 0.29) is 29.1 Å². The Morgan fingerprint density at radius 2 is 2.08 bits per heavy atom. The second-order valence-corrected chi connectivity index (χ2v) is 5.31. The number of phenolic OH excluding ortho intramolecular Hbond substituents is 1. The molecular weight excluding hydrogens is 324 g/mol. The van der Waals surface area contributed by atoms with Crippen molar-refractivity contribution in [1.82, 2.24) is 4.57 Å². The highest BCUT2D eigenvalue weighted by Crippen LogP contribution is 2.27. The van der Waals surface area contributed by atoms with Crippen LogP contribution in [0.1, 0.15) is 17.5 Å². The lowest BCUT2D eigenvalue weighted by atomic mass is 10.1. The first kappa shape index (κ1) is 18.2. The Morgan fingerprint density at radius 3 is 2.72 bits per heavy atom. The molecule has 1 heterocycles. The number of azo groups is 1. The largest absolute Gasteiger partial charge is 0.508 e. The number of rotatable bonds is 6. The summed E-state index contributed by atoms with van der Waals surface area (Å²) in [6.45, 7) is 2.11. The Kier molecular flexibility index (Phi) is 5.87. The predicted molar refractivity (Wildman–Crippen MR) is 90.6 cm³/mol. The zero-order valence-electron chi connectivity index (χ0n) is 13.9. The fraction of sp³-hybridized carbons (Fsp3) is 0.294. The number of nitriles is 1. The van der Waals surface area contributed by atoms with Crippen LogP contribution in [0, 0.1) is 18.3 Å². The number of nitrogens with zero attached hydrogens (tertiary/aromatic N) is 4. The molecule has 2 aromatic rings. The van der Waals surface area contributed by atoms with Gasteiger partial charge in [0.1, 0.15) is 17.4 Å². The van der Waals surface area contributed by atoms with Crippen molar-refractivity contribution in [2.45, 2.75) is 19.9 Å². The number of aromatic hydroxyl groups is 2. The monoisotopic (exact) mass is 342 g/mol. The Balaban J connectivity index is 2.51. The summed E-state index contributed by atoms with van der Waals surface area (Å²) in [6.07, 6.45) is 0.487. The van der Waals surface area contributed by atoms with Gasteiger partial charge in [-0.05, 0) is 25.5 Å². The normalized spacial score (nSPS) is 10.9. The molecule has 2 rings (SSSR count). The summed E-state index contributed by atoms with van der Waals surface area (Å²) in [5, 5.41) is 36.8. The van der Waals surface area contributed by atoms with Gasteiger partial charge < -0.3 is 14.9 Å². The van der Waals surface area contributed by atoms with Gasteiger partial charge in [0, 0.05) is 31.9 Å². The van der Waals surface area contributed by atoms with Gasteiger partial charge in [0.2, 0.25) is 5.88 Å². The molecule has 0 aliphatic heterocycles. The van der Waals surface area contributed by atoms with Gasteiger partial charge in [-0.1, -0.05) is 6.07 Å². The van der Waals surface area contributed by atoms with Crippen LogP contribution in [0.3, 0.4) is 0 Å². The van der Waals surface area contributed by atoms with E-state index in [1.807, 2.05) is 6.07 Å². The van der Waals surface area contributed by atoms with Crippen molar-refractivity contribution in [2.75, 3.05) is 13.7 Å². The minimum Gasteiger partial charge on any atom is -0.508 e. The van der Waals surface area contributed by atoms with E-state index >= 15 is 0 Å². The van der Waals surface area contributed by atoms with Crippen LogP contribution in [0.4, 0.5) is 11.4 Å². The molecule has 8 nitrogen and oxygen atoms in total. The number of aromatic nitrogens is 1. The first-order valence-electron chi connectivity index (χ1n) is 7.55. The zero-order chi connectivity index (χ0) is 18.4. The highest BCUT2D eigenvalue weighted by Gasteiger charge is 2.18. The van der Waals surface area contributed by atoms with Crippen molar-refractivity contribution in [2.24, 2.45) is 10.2 Å². The molecule has 0 fully saturated rings. The minimum atomic E-state index is -0.547. The lowest BCUT2D eigenvalue weighted by molar-refractivity contribution is 0.188. The summed E-state index contributed by atoms with van der Waals surface area (Å²) in [5.41, 5.74) is -0.000739. The standard InChI is InChI=1S/C17H18N4O4/c1-11-14(10-18)16(23)21(7-4-8-25-2)17(24)15(11)20-19-12-5-3-6-13(22)9-12/h3,5-6,9,22-23H,4,7-8H2,1-2H3. The lowest BCUT2D eigenvalue weighted by Crippen LogP contribution is -2.22. The van der Waals surface area contributed by atoms with E-state index in [9.17, 15) is 20.3 Å². The molecule has 0 saturated carbocycles. The molecule has 25 heavy (non-hydrogen) atoms. The van der Waals surface area contributed by atoms with Gasteiger partial charge in [0.25, 0.3) is 5.56 Å². The summed E-state index contributed by atoms with van der Waals surface area (Å²) in [4.78, 5) is 12.6. The molecule has 0 radical (unpaired) electrons. The number of methoxy groups -OCH3 is 1. The fourth-order valence-electron chi connectivity index (χ4n) is 2.29. The van der Waals surface area contributed by atoms with E-state index in [0.717, 1.165) is 4.57 Å². The first-order chi connectivity index (χ1) is 12.0. The predicted octanol–water partition coefficient (Wildman–Crippen LogP) is 2.89. The highest BCUT2D eigenvalue weighted by atomic mass is 16.5. The molecule has 0 aliphatic rings. The van der Waals surface area contributed by atoms with Gasteiger partial charge in [0.15, 0.2) is 5.69 Å². The molecule has 0 saturated heterocycles. The number of hydrogen-bond donors (Lipinski definition) is 2. The van der Waals surface area contributed by atoms with Crippen molar-refractivity contribution < 1.29 is 14.9 Å². The van der Waals surface area contributed by atoms with Crippen molar-refractivity contribution in [3.05, 3.63) is 45.7 Å². The maximum absolute atomic E-state index is 12.6. The van der Waals surface area contributed by atoms with E-state index < -0.39 is 11.4 Å². The highest BCUT2D eigenvalue weighted by molar-refractivity contribution is 5.56. The Bertz CT molecular complexity index is 897. The van der Waals surface area contributed by atoms with E-state index in [1.165, 1.54) is 26.2 Å². The summed E-state index contributed by atoms with van der Waals surface area (Å²) in [5.74, 6) is -0.369. The number of ether oxygens (including phenoxy) is 1. The molecule has 1 aromatic heterocycles. The van der Waals surface area contributed by atoms with E-state index in [1.54, 1.807) is 12.1 Å². The van der Waals surface area contributed by atoms with Crippen molar-refractivity contribution >= 4 is 11.4 Å². The molecule has 0 atom stereocenters. The molecule has 0 aliphatic carbocycles. The van der Waals surface area contributed by atoms with Gasteiger partial charge in [-0.3, -0.25) is 9.36 Å². The van der Waals surface area contributed by atoms with E-state index in [4.69, 9.17) is 4.74 Å². The molecule has 2 N–H and O–H groups in total. The van der Waals surface area contributed by atoms with Gasteiger partial charge in [-0.2, -0.15) is 10.4 Å². The summed E-state index contributed by atoms with van der Waals surface area (Å²) in [6, 6.07) is 7.97. The smallest absolute Gasteiger partial charge is 0.281 e. The quantitative estimate of drug-likeness (QED) is 0.617. The Hall–Kier alpha value is -3.18. The van der Waals surface area contributed by atoms with Crippen LogP contribution in [0.2, 0.25) is 0 Å². The third kappa shape index (κ3) is 4.02. The minimum absolute atomic E-state index is 0.0218. The van der Waals surface area contributed by atoms with Crippen LogP contribution in [0.25, 0.3) is 0 Å². The van der Waals surface area contributed by atoms with Crippen LogP contribution >= 0.6 is 0 Å². The average Bonchev–Trinajstić information content (AvgIpc) is 2.58. The molecule has 0 unspecified atom stereocenters. The van der Waals surface area contributed by atoms with Crippen LogP contribution < -0.4 is 5.56 Å². The van der Waals surface area contributed by atoms with Gasteiger partial charge in [-0.15, -0.1) is 5.11 Å². The lowest BCUT2D eigenvalue weighted by Gasteiger charge is -2.12. The maximum Gasteiger partial charge on any atom is 0.281 e. The summed E-state index contributed by atoms with van der Waals surface area (Å²) in [7, 11) is 1.54. The van der Waals surface area contributed by atoms with Crippen molar-refractivity contribution in [1.29, 1.82) is 5.26 Å². The molecule has 0 bridgehead atoms. The molecule has 8 heteroatoms. The average molecular weight is 342 g/mol. The van der Waals surface area contributed by atoms with Crippen LogP contribution in [0.5, 0.6) is 11.6 Å². The van der Waals surface area contributed by atoms with Crippen molar-refractivity contribution in [3.63, 3.8) is 0 Å². The third-order valence-electron chi connectivity index (χ3n) is 3.59. The Labute approximate surface area is 144 Å². The van der Waals surface area contributed by atoms with Gasteiger partial charge >= 0.3 is 0 Å². The first-order valence-corrected chi connectivity index (χ1v) is 7.55. The maximum atomic E-state index is 12.6. The summed E-state index contributed by atoms with van der Waals surface area (Å²) < 4.78 is 6.03. The molecule has 1 aromatic carbocycles. The number of benzene rings is 1. The fourth-order valence-corrected chi connectivity index (χ4v) is 2.29. The zero-order valence-corrected chi connectivity index (χ0v) is 13.9. The number of hydrogen-bond acceptors (Lipinski definition) is 7. The number of phenols is 1. The Morgan fingerprint density at radius 1 is 1.32 bits per heavy atom. The number of pyridine rings is 1. The topological polar surface area (TPSA) is 120 Å². The second kappa shape index (κ2) is 8.08. The SMILES string of the molecule is COCCCn1c(O)c(C#N)c(C)c(N=Nc2cccc(O)c2)c1=O. The van der Waals surface area contributed by atoms with Gasteiger partial charge in [-0.25, -0.2) is 0 Å². The molecule has 0 amide bonds. The second-order valence-electron chi connectivity index (χ2n) is 5.31. The van der Waals surface area contributed by atoms with E-state index in [2.05, 4.69) is 10.2 Å². The molecular formula is C17H18N4O4. The summed E-state index contributed by atoms with van der Waals surface area (Å²) >= 11 is 0. The van der Waals surface area contributed by atoms with E-state index in [0.29, 0.717) is 18.7 Å². The van der Waals surface area contributed by atoms with Crippen LogP contribution in [-0.2, 0) is 11.3 Å². The third-order valence-corrected chi connectivity index (χ3v) is 3.59. The van der Waals surface area contributed by atoms with Crippen molar-refractivity contribution in [3.8, 4) is 17.7 Å². The van der Waals surface area contributed by atoms with Crippen LogP contribution in [-0.4, -0.2) is 28.5 Å². The van der Waals surface area contributed by atoms with Crippen LogP contribution in [0.15, 0.2) is 39.3 Å².